The van der Waals surface area contributed by atoms with Crippen molar-refractivity contribution in [1.82, 2.24) is 4.72 Å². The second-order valence-electron chi connectivity index (χ2n) is 5.52. The number of sulfonamides is 1. The monoisotopic (exact) mass is 249 g/mol. The zero-order valence-electron chi connectivity index (χ0n) is 10.2. The number of nitrogens with one attached hydrogen (secondary N) is 1. The number of rotatable bonds is 4. The van der Waals surface area contributed by atoms with Gasteiger partial charge in [-0.2, -0.15) is 0 Å². The second kappa shape index (κ2) is 3.43. The molecule has 0 aliphatic heterocycles. The lowest BCUT2D eigenvalue weighted by Crippen LogP contribution is -2.40. The van der Waals surface area contributed by atoms with Gasteiger partial charge in [-0.25, -0.2) is 13.1 Å². The molecule has 0 amide bonds. The average Bonchev–Trinajstić information content (AvgIpc) is 2.46. The summed E-state index contributed by atoms with van der Waals surface area (Å²) in [5.74, 6) is -1.33. The summed E-state index contributed by atoms with van der Waals surface area (Å²) in [6, 6.07) is -0.202. The van der Waals surface area contributed by atoms with Crippen molar-refractivity contribution in [2.24, 2.45) is 10.8 Å². The topological polar surface area (TPSA) is 83.5 Å². The Labute approximate surface area is 96.3 Å². The minimum Gasteiger partial charge on any atom is -0.480 e. The van der Waals surface area contributed by atoms with Crippen LogP contribution in [0.15, 0.2) is 0 Å². The van der Waals surface area contributed by atoms with E-state index in [4.69, 9.17) is 5.11 Å². The van der Waals surface area contributed by atoms with E-state index in [2.05, 4.69) is 4.72 Å². The Balaban J connectivity index is 2.82. The highest BCUT2D eigenvalue weighted by atomic mass is 32.2. The van der Waals surface area contributed by atoms with E-state index in [1.807, 2.05) is 27.7 Å². The molecule has 1 atom stereocenters. The summed E-state index contributed by atoms with van der Waals surface area (Å²) in [4.78, 5) is 10.7. The van der Waals surface area contributed by atoms with Crippen LogP contribution in [-0.2, 0) is 14.8 Å². The first-order chi connectivity index (χ1) is 6.94. The van der Waals surface area contributed by atoms with E-state index in [1.165, 1.54) is 6.92 Å². The van der Waals surface area contributed by atoms with E-state index in [0.29, 0.717) is 0 Å². The summed E-state index contributed by atoms with van der Waals surface area (Å²) in [6.07, 6.45) is 0. The van der Waals surface area contributed by atoms with Gasteiger partial charge in [-0.3, -0.25) is 4.79 Å². The van der Waals surface area contributed by atoms with Gasteiger partial charge in [-0.15, -0.1) is 0 Å². The summed E-state index contributed by atoms with van der Waals surface area (Å²) in [6.45, 7) is 9.03. The molecule has 0 spiro atoms. The minimum atomic E-state index is -3.79. The molecule has 0 bridgehead atoms. The fourth-order valence-electron chi connectivity index (χ4n) is 1.89. The predicted octanol–water partition coefficient (Wildman–Crippen LogP) is 0.813. The first-order valence-electron chi connectivity index (χ1n) is 5.18. The van der Waals surface area contributed by atoms with Gasteiger partial charge < -0.3 is 5.11 Å². The molecule has 1 unspecified atom stereocenters. The Morgan fingerprint density at radius 2 is 1.62 bits per heavy atom. The Morgan fingerprint density at radius 1 is 1.25 bits per heavy atom. The first kappa shape index (κ1) is 13.4. The maximum atomic E-state index is 11.7. The van der Waals surface area contributed by atoms with Crippen LogP contribution < -0.4 is 4.72 Å². The number of carbonyl (C=O) groups is 1. The van der Waals surface area contributed by atoms with Crippen LogP contribution in [-0.4, -0.2) is 30.8 Å². The van der Waals surface area contributed by atoms with Gasteiger partial charge in [0.15, 0.2) is 5.25 Å². The molecule has 94 valence electrons. The molecular weight excluding hydrogens is 230 g/mol. The first-order valence-corrected chi connectivity index (χ1v) is 6.73. The lowest BCUT2D eigenvalue weighted by atomic mass is 10.0. The van der Waals surface area contributed by atoms with Crippen LogP contribution in [0.2, 0.25) is 0 Å². The van der Waals surface area contributed by atoms with E-state index in [-0.39, 0.29) is 16.9 Å². The Hall–Kier alpha value is -0.620. The van der Waals surface area contributed by atoms with Gasteiger partial charge in [0.25, 0.3) is 0 Å². The summed E-state index contributed by atoms with van der Waals surface area (Å²) < 4.78 is 25.9. The van der Waals surface area contributed by atoms with E-state index < -0.39 is 21.2 Å². The highest BCUT2D eigenvalue weighted by Gasteiger charge is 2.66. The summed E-state index contributed by atoms with van der Waals surface area (Å²) in [7, 11) is -3.79. The van der Waals surface area contributed by atoms with E-state index >= 15 is 0 Å². The van der Waals surface area contributed by atoms with E-state index in [0.717, 1.165) is 0 Å². The van der Waals surface area contributed by atoms with Crippen LogP contribution in [0.25, 0.3) is 0 Å². The molecule has 0 radical (unpaired) electrons. The average molecular weight is 249 g/mol. The third-order valence-corrected chi connectivity index (χ3v) is 5.81. The molecule has 6 heteroatoms. The van der Waals surface area contributed by atoms with Crippen LogP contribution in [0, 0.1) is 10.8 Å². The van der Waals surface area contributed by atoms with Crippen LogP contribution in [0.4, 0.5) is 0 Å². The molecule has 2 N–H and O–H groups in total. The van der Waals surface area contributed by atoms with Crippen LogP contribution >= 0.6 is 0 Å². The molecule has 5 nitrogen and oxygen atoms in total. The zero-order valence-corrected chi connectivity index (χ0v) is 11.1. The van der Waals surface area contributed by atoms with Crippen molar-refractivity contribution in [1.29, 1.82) is 0 Å². The summed E-state index contributed by atoms with van der Waals surface area (Å²) in [5.41, 5.74) is -0.281. The zero-order chi connectivity index (χ0) is 12.9. The van der Waals surface area contributed by atoms with Crippen LogP contribution in [0.5, 0.6) is 0 Å². The van der Waals surface area contributed by atoms with Crippen molar-refractivity contribution in [2.45, 2.75) is 45.9 Å². The van der Waals surface area contributed by atoms with Gasteiger partial charge in [0.2, 0.25) is 10.0 Å². The molecule has 1 rings (SSSR count). The van der Waals surface area contributed by atoms with Gasteiger partial charge in [0.1, 0.15) is 0 Å². The predicted molar refractivity (Wildman–Crippen MR) is 60.5 cm³/mol. The lowest BCUT2D eigenvalue weighted by Gasteiger charge is -2.11. The molecule has 0 saturated heterocycles. The highest BCUT2D eigenvalue weighted by Crippen LogP contribution is 2.62. The molecule has 16 heavy (non-hydrogen) atoms. The second-order valence-corrected chi connectivity index (χ2v) is 7.55. The number of aliphatic carboxylic acids is 1. The van der Waals surface area contributed by atoms with Crippen molar-refractivity contribution in [3.05, 3.63) is 0 Å². The molecule has 1 aliphatic carbocycles. The van der Waals surface area contributed by atoms with Gasteiger partial charge in [-0.05, 0) is 17.8 Å². The fourth-order valence-corrected chi connectivity index (χ4v) is 3.28. The van der Waals surface area contributed by atoms with Gasteiger partial charge in [0.05, 0.1) is 0 Å². The molecule has 1 fully saturated rings. The highest BCUT2D eigenvalue weighted by molar-refractivity contribution is 7.90. The van der Waals surface area contributed by atoms with Gasteiger partial charge in [0, 0.05) is 6.04 Å². The molecule has 0 aromatic rings. The molecule has 1 aliphatic rings. The minimum absolute atomic E-state index is 0.141. The third kappa shape index (κ3) is 1.84. The number of hydrogen-bond acceptors (Lipinski definition) is 3. The number of hydrogen-bond donors (Lipinski definition) is 2. The smallest absolute Gasteiger partial charge is 0.323 e. The van der Waals surface area contributed by atoms with Crippen molar-refractivity contribution in [2.75, 3.05) is 0 Å². The molecule has 0 heterocycles. The Bertz CT molecular complexity index is 397. The standard InChI is InChI=1S/C10H19NO4S/c1-6(7(12)13)16(14,15)11-8-9(2,3)10(8,4)5/h6,8,11H,1-5H3,(H,12,13). The fraction of sp³-hybridized carbons (Fsp3) is 0.900. The van der Waals surface area contributed by atoms with Gasteiger partial charge >= 0.3 is 5.97 Å². The largest absolute Gasteiger partial charge is 0.480 e. The lowest BCUT2D eigenvalue weighted by molar-refractivity contribution is -0.136. The van der Waals surface area contributed by atoms with E-state index in [1.54, 1.807) is 0 Å². The quantitative estimate of drug-likeness (QED) is 0.772. The molecule has 0 aromatic carbocycles. The number of carboxylic acids is 1. The molecule has 1 saturated carbocycles. The maximum Gasteiger partial charge on any atom is 0.323 e. The van der Waals surface area contributed by atoms with E-state index in [9.17, 15) is 13.2 Å². The maximum absolute atomic E-state index is 11.7. The van der Waals surface area contributed by atoms with Crippen LogP contribution in [0.3, 0.4) is 0 Å². The Morgan fingerprint density at radius 3 is 1.88 bits per heavy atom. The molecule has 0 aromatic heterocycles. The third-order valence-electron chi connectivity index (χ3n) is 4.12. The van der Waals surface area contributed by atoms with Gasteiger partial charge in [-0.1, -0.05) is 27.7 Å². The SMILES string of the molecule is CC(C(=O)O)S(=O)(=O)NC1C(C)(C)C1(C)C. The van der Waals surface area contributed by atoms with Crippen LogP contribution in [0.1, 0.15) is 34.6 Å². The summed E-state index contributed by atoms with van der Waals surface area (Å²) >= 11 is 0. The summed E-state index contributed by atoms with van der Waals surface area (Å²) in [5, 5.41) is 7.28. The Kier molecular flexibility index (Phi) is 2.89. The van der Waals surface area contributed by atoms with Crippen molar-refractivity contribution in [3.63, 3.8) is 0 Å². The normalized spacial score (nSPS) is 25.1. The van der Waals surface area contributed by atoms with Crippen molar-refractivity contribution < 1.29 is 18.3 Å². The van der Waals surface area contributed by atoms with Crippen molar-refractivity contribution in [3.8, 4) is 0 Å². The number of carboxylic acid groups (broad SMARTS) is 1. The molecular formula is C10H19NO4S. The van der Waals surface area contributed by atoms with Crippen molar-refractivity contribution >= 4 is 16.0 Å².